The number of carbonyl (C=O) groups excluding carboxylic acids is 1. The molecule has 1 atom stereocenters. The largest absolute Gasteiger partial charge is 0.372 e. The van der Waals surface area contributed by atoms with Crippen molar-refractivity contribution in [2.45, 2.75) is 64.2 Å². The summed E-state index contributed by atoms with van der Waals surface area (Å²) in [4.78, 5) is 17.9. The zero-order chi connectivity index (χ0) is 26.2. The summed E-state index contributed by atoms with van der Waals surface area (Å²) in [6.07, 6.45) is 8.97. The highest BCUT2D eigenvalue weighted by Gasteiger charge is 2.29. The van der Waals surface area contributed by atoms with Gasteiger partial charge in [0.05, 0.1) is 0 Å². The number of rotatable bonds is 10. The molecule has 3 heteroatoms. The second-order valence-electron chi connectivity index (χ2n) is 11.3. The Hall–Kier alpha value is -2.91. The van der Waals surface area contributed by atoms with Crippen LogP contribution in [-0.2, 0) is 6.42 Å². The van der Waals surface area contributed by atoms with Crippen molar-refractivity contribution in [1.29, 1.82) is 0 Å². The van der Waals surface area contributed by atoms with Crippen LogP contribution in [0.4, 0.5) is 5.69 Å². The third kappa shape index (κ3) is 6.74. The smallest absolute Gasteiger partial charge is 0.162 e. The predicted molar refractivity (Wildman–Crippen MR) is 159 cm³/mol. The van der Waals surface area contributed by atoms with E-state index in [-0.39, 0.29) is 5.78 Å². The average molecular weight is 509 g/mol. The topological polar surface area (TPSA) is 23.6 Å². The van der Waals surface area contributed by atoms with Gasteiger partial charge in [0.15, 0.2) is 5.78 Å². The summed E-state index contributed by atoms with van der Waals surface area (Å²) in [5.41, 5.74) is 6.42. The van der Waals surface area contributed by atoms with E-state index in [9.17, 15) is 4.79 Å². The van der Waals surface area contributed by atoms with Gasteiger partial charge >= 0.3 is 0 Å². The molecule has 0 amide bonds. The Labute approximate surface area is 229 Å². The molecule has 0 spiro atoms. The van der Waals surface area contributed by atoms with Crippen LogP contribution in [0.5, 0.6) is 0 Å². The van der Waals surface area contributed by atoms with Crippen molar-refractivity contribution in [3.05, 3.63) is 101 Å². The van der Waals surface area contributed by atoms with E-state index < -0.39 is 0 Å². The number of piperidine rings is 2. The minimum Gasteiger partial charge on any atom is -0.372 e. The molecule has 3 nitrogen and oxygen atoms in total. The molecule has 0 N–H and O–H groups in total. The van der Waals surface area contributed by atoms with Crippen LogP contribution in [0.2, 0.25) is 0 Å². The lowest BCUT2D eigenvalue weighted by Crippen LogP contribution is -2.36. The van der Waals surface area contributed by atoms with E-state index in [0.717, 1.165) is 51.1 Å². The van der Waals surface area contributed by atoms with Gasteiger partial charge in [0.25, 0.3) is 0 Å². The van der Waals surface area contributed by atoms with E-state index in [1.54, 1.807) is 0 Å². The average Bonchev–Trinajstić information content (AvgIpc) is 2.99. The van der Waals surface area contributed by atoms with Crippen molar-refractivity contribution in [2.75, 3.05) is 37.6 Å². The van der Waals surface area contributed by atoms with Gasteiger partial charge in [-0.1, -0.05) is 61.5 Å². The molecule has 5 rings (SSSR count). The number of benzene rings is 3. The van der Waals surface area contributed by atoms with Crippen LogP contribution >= 0.6 is 0 Å². The maximum absolute atomic E-state index is 12.8. The first-order valence-corrected chi connectivity index (χ1v) is 15.0. The summed E-state index contributed by atoms with van der Waals surface area (Å²) in [7, 11) is 0. The molecule has 2 heterocycles. The molecule has 2 saturated heterocycles. The van der Waals surface area contributed by atoms with Crippen LogP contribution in [0, 0.1) is 5.92 Å². The summed E-state index contributed by atoms with van der Waals surface area (Å²) in [5.74, 6) is 1.39. The number of nitrogens with zero attached hydrogens (tertiary/aromatic N) is 2. The molecule has 0 aromatic heterocycles. The molecule has 200 valence electrons. The van der Waals surface area contributed by atoms with Crippen LogP contribution in [-0.4, -0.2) is 43.4 Å². The van der Waals surface area contributed by atoms with Crippen molar-refractivity contribution in [1.82, 2.24) is 4.90 Å². The first kappa shape index (κ1) is 26.7. The summed E-state index contributed by atoms with van der Waals surface area (Å²) in [6, 6.07) is 28.7. The van der Waals surface area contributed by atoms with Gasteiger partial charge in [0.1, 0.15) is 0 Å². The molecule has 3 aromatic carbocycles. The lowest BCUT2D eigenvalue weighted by molar-refractivity contribution is 0.0969. The molecule has 2 aliphatic rings. The van der Waals surface area contributed by atoms with Crippen molar-refractivity contribution in [3.63, 3.8) is 0 Å². The molecular formula is C35H44N2O. The summed E-state index contributed by atoms with van der Waals surface area (Å²) < 4.78 is 0. The predicted octanol–water partition coefficient (Wildman–Crippen LogP) is 7.75. The van der Waals surface area contributed by atoms with Crippen LogP contribution < -0.4 is 4.90 Å². The van der Waals surface area contributed by atoms with Crippen LogP contribution in [0.15, 0.2) is 78.9 Å². The number of ketones is 1. The second kappa shape index (κ2) is 13.2. The molecule has 2 fully saturated rings. The van der Waals surface area contributed by atoms with Crippen LogP contribution in [0.1, 0.15) is 84.8 Å². The fraction of sp³-hybridized carbons (Fsp3) is 0.457. The molecule has 0 aliphatic carbocycles. The highest BCUT2D eigenvalue weighted by molar-refractivity contribution is 5.96. The maximum Gasteiger partial charge on any atom is 0.162 e. The number of hydrogen-bond donors (Lipinski definition) is 0. The minimum atomic E-state index is 0.282. The monoisotopic (exact) mass is 508 g/mol. The van der Waals surface area contributed by atoms with Gasteiger partial charge < -0.3 is 9.80 Å². The van der Waals surface area contributed by atoms with Gasteiger partial charge in [-0.15, -0.1) is 0 Å². The van der Waals surface area contributed by atoms with E-state index in [1.807, 2.05) is 12.1 Å². The highest BCUT2D eigenvalue weighted by Crippen LogP contribution is 2.38. The third-order valence-electron chi connectivity index (χ3n) is 8.80. The zero-order valence-electron chi connectivity index (χ0n) is 23.2. The van der Waals surface area contributed by atoms with E-state index in [4.69, 9.17) is 0 Å². The van der Waals surface area contributed by atoms with E-state index in [2.05, 4.69) is 83.5 Å². The van der Waals surface area contributed by atoms with E-state index in [1.165, 1.54) is 54.5 Å². The van der Waals surface area contributed by atoms with Crippen molar-refractivity contribution in [3.8, 4) is 0 Å². The van der Waals surface area contributed by atoms with Gasteiger partial charge in [-0.05, 0) is 111 Å². The third-order valence-corrected chi connectivity index (χ3v) is 8.80. The number of likely N-dealkylation sites (tertiary alicyclic amines) is 1. The fourth-order valence-corrected chi connectivity index (χ4v) is 6.49. The summed E-state index contributed by atoms with van der Waals surface area (Å²) >= 11 is 0. The molecule has 3 aromatic rings. The number of aryl methyl sites for hydroxylation is 1. The van der Waals surface area contributed by atoms with Crippen LogP contribution in [0.25, 0.3) is 0 Å². The Balaban J connectivity index is 1.11. The molecule has 0 bridgehead atoms. The molecular weight excluding hydrogens is 464 g/mol. The Bertz CT molecular complexity index is 1120. The second-order valence-corrected chi connectivity index (χ2v) is 11.3. The number of hydrogen-bond acceptors (Lipinski definition) is 3. The molecule has 0 saturated carbocycles. The lowest BCUT2D eigenvalue weighted by Gasteiger charge is -2.36. The van der Waals surface area contributed by atoms with Gasteiger partial charge in [-0.2, -0.15) is 0 Å². The zero-order valence-corrected chi connectivity index (χ0v) is 23.2. The van der Waals surface area contributed by atoms with E-state index in [0.29, 0.717) is 18.3 Å². The molecule has 0 radical (unpaired) electrons. The van der Waals surface area contributed by atoms with Gasteiger partial charge in [0, 0.05) is 36.7 Å². The Morgan fingerprint density at radius 1 is 0.789 bits per heavy atom. The number of Topliss-reactive ketones (excluding diaryl/α,β-unsaturated/α-hetero) is 1. The van der Waals surface area contributed by atoms with Gasteiger partial charge in [-0.25, -0.2) is 0 Å². The number of anilines is 1. The highest BCUT2D eigenvalue weighted by atomic mass is 16.1. The quantitative estimate of drug-likeness (QED) is 0.262. The van der Waals surface area contributed by atoms with Gasteiger partial charge in [0.2, 0.25) is 0 Å². The van der Waals surface area contributed by atoms with Crippen molar-refractivity contribution in [2.24, 2.45) is 5.92 Å². The Kier molecular flexibility index (Phi) is 9.30. The standard InChI is InChI=1S/C35H44N2O/c1-2-28-13-15-31(16-14-28)35(30-10-5-3-6-11-30)32-21-26-36(27-22-32)23-9-12-34(38)29-17-19-33(20-18-29)37-24-7-4-8-25-37/h3,5-6,10-11,13-20,32,35H,2,4,7-9,12,21-27H2,1H3. The maximum atomic E-state index is 12.8. The minimum absolute atomic E-state index is 0.282. The first-order chi connectivity index (χ1) is 18.7. The van der Waals surface area contributed by atoms with Gasteiger partial charge in [-0.3, -0.25) is 4.79 Å². The Morgan fingerprint density at radius 3 is 2.11 bits per heavy atom. The van der Waals surface area contributed by atoms with Crippen molar-refractivity contribution < 1.29 is 4.79 Å². The number of carbonyl (C=O) groups is 1. The first-order valence-electron chi connectivity index (χ1n) is 15.0. The fourth-order valence-electron chi connectivity index (χ4n) is 6.49. The lowest BCUT2D eigenvalue weighted by atomic mass is 9.76. The summed E-state index contributed by atoms with van der Waals surface area (Å²) in [5, 5.41) is 0. The Morgan fingerprint density at radius 2 is 1.45 bits per heavy atom. The normalized spacial score (nSPS) is 17.9. The molecule has 2 aliphatic heterocycles. The SMILES string of the molecule is CCc1ccc(C(c2ccccc2)C2CCN(CCCC(=O)c3ccc(N4CCCCC4)cc3)CC2)cc1. The van der Waals surface area contributed by atoms with E-state index >= 15 is 0 Å². The summed E-state index contributed by atoms with van der Waals surface area (Å²) in [6.45, 7) is 7.77. The van der Waals surface area contributed by atoms with Crippen molar-refractivity contribution >= 4 is 11.5 Å². The van der Waals surface area contributed by atoms with Crippen LogP contribution in [0.3, 0.4) is 0 Å². The molecule has 38 heavy (non-hydrogen) atoms. The molecule has 1 unspecified atom stereocenters.